The fourth-order valence-corrected chi connectivity index (χ4v) is 3.36. The minimum absolute atomic E-state index is 0.251. The van der Waals surface area contributed by atoms with E-state index in [0.717, 1.165) is 35.0 Å². The third kappa shape index (κ3) is 5.08. The molecule has 0 aliphatic carbocycles. The first-order valence-electron chi connectivity index (χ1n) is 10.3. The van der Waals surface area contributed by atoms with E-state index < -0.39 is 0 Å². The van der Waals surface area contributed by atoms with Gasteiger partial charge in [-0.1, -0.05) is 62.8 Å². The third-order valence-electron chi connectivity index (χ3n) is 4.98. The van der Waals surface area contributed by atoms with Crippen LogP contribution in [-0.2, 0) is 0 Å². The predicted octanol–water partition coefficient (Wildman–Crippen LogP) is 6.35. The number of aromatic hydroxyl groups is 1. The molecule has 3 rings (SSSR count). The first-order valence-corrected chi connectivity index (χ1v) is 10.3. The Hall–Kier alpha value is -2.92. The number of rotatable bonds is 7. The molecule has 0 amide bonds. The topological polar surface area (TPSA) is 23.5 Å². The SMILES string of the molecule is CCCCN(CCCC)c1ccc(C#Cc2cc(O)cc3ccccc23)cc1. The molecule has 2 heteroatoms. The predicted molar refractivity (Wildman–Crippen MR) is 120 cm³/mol. The number of fused-ring (bicyclic) bond motifs is 1. The fraction of sp³-hybridized carbons (Fsp3) is 0.308. The third-order valence-corrected chi connectivity index (χ3v) is 4.98. The van der Waals surface area contributed by atoms with E-state index in [2.05, 4.69) is 54.9 Å². The summed E-state index contributed by atoms with van der Waals surface area (Å²) in [6.07, 6.45) is 4.86. The van der Waals surface area contributed by atoms with E-state index in [9.17, 15) is 5.11 Å². The van der Waals surface area contributed by atoms with Gasteiger partial charge in [-0.15, -0.1) is 0 Å². The summed E-state index contributed by atoms with van der Waals surface area (Å²) in [4.78, 5) is 2.48. The zero-order valence-electron chi connectivity index (χ0n) is 16.9. The molecule has 0 unspecified atom stereocenters. The van der Waals surface area contributed by atoms with E-state index in [-0.39, 0.29) is 5.75 Å². The number of nitrogens with zero attached hydrogens (tertiary/aromatic N) is 1. The molecule has 0 saturated carbocycles. The summed E-state index contributed by atoms with van der Waals surface area (Å²) in [6, 6.07) is 20.1. The van der Waals surface area contributed by atoms with Gasteiger partial charge in [0.15, 0.2) is 0 Å². The first kappa shape index (κ1) is 19.8. The second-order valence-corrected chi connectivity index (χ2v) is 7.21. The van der Waals surface area contributed by atoms with Crippen LogP contribution < -0.4 is 4.90 Å². The van der Waals surface area contributed by atoms with E-state index in [1.165, 1.54) is 31.4 Å². The molecule has 1 N–H and O–H groups in total. The van der Waals surface area contributed by atoms with Gasteiger partial charge in [-0.05, 0) is 60.0 Å². The first-order chi connectivity index (χ1) is 13.7. The van der Waals surface area contributed by atoms with Crippen molar-refractivity contribution in [1.29, 1.82) is 0 Å². The van der Waals surface area contributed by atoms with Crippen LogP contribution in [0.15, 0.2) is 60.7 Å². The Bertz CT molecular complexity index is 955. The monoisotopic (exact) mass is 371 g/mol. The number of anilines is 1. The molecular weight excluding hydrogens is 342 g/mol. The number of benzene rings is 3. The van der Waals surface area contributed by atoms with E-state index in [1.807, 2.05) is 24.3 Å². The summed E-state index contributed by atoms with van der Waals surface area (Å²) in [5.41, 5.74) is 3.12. The van der Waals surface area contributed by atoms with Gasteiger partial charge in [0.25, 0.3) is 0 Å². The average molecular weight is 372 g/mol. The molecule has 3 aromatic carbocycles. The lowest BCUT2D eigenvalue weighted by Crippen LogP contribution is -2.25. The largest absolute Gasteiger partial charge is 0.508 e. The molecule has 2 nitrogen and oxygen atoms in total. The van der Waals surface area contributed by atoms with Gasteiger partial charge in [-0.3, -0.25) is 0 Å². The van der Waals surface area contributed by atoms with Crippen LogP contribution in [0.5, 0.6) is 5.75 Å². The highest BCUT2D eigenvalue weighted by atomic mass is 16.3. The Labute approximate surface area is 168 Å². The maximum atomic E-state index is 9.97. The van der Waals surface area contributed by atoms with Crippen molar-refractivity contribution in [3.05, 3.63) is 71.8 Å². The van der Waals surface area contributed by atoms with Crippen LogP contribution in [0.25, 0.3) is 10.8 Å². The van der Waals surface area contributed by atoms with Crippen molar-refractivity contribution in [2.45, 2.75) is 39.5 Å². The second-order valence-electron chi connectivity index (χ2n) is 7.21. The molecule has 0 saturated heterocycles. The van der Waals surface area contributed by atoms with Crippen molar-refractivity contribution in [1.82, 2.24) is 0 Å². The molecule has 28 heavy (non-hydrogen) atoms. The van der Waals surface area contributed by atoms with E-state index in [4.69, 9.17) is 0 Å². The quantitative estimate of drug-likeness (QED) is 0.489. The van der Waals surface area contributed by atoms with Crippen molar-refractivity contribution in [2.24, 2.45) is 0 Å². The highest BCUT2D eigenvalue weighted by molar-refractivity contribution is 5.89. The minimum Gasteiger partial charge on any atom is -0.508 e. The van der Waals surface area contributed by atoms with Gasteiger partial charge in [0.1, 0.15) is 5.75 Å². The molecule has 0 spiro atoms. The number of phenols is 1. The Morgan fingerprint density at radius 2 is 1.50 bits per heavy atom. The molecule has 0 fully saturated rings. The molecule has 3 aromatic rings. The smallest absolute Gasteiger partial charge is 0.117 e. The molecule has 0 aliphatic heterocycles. The summed E-state index contributed by atoms with van der Waals surface area (Å²) in [5, 5.41) is 12.0. The van der Waals surface area contributed by atoms with Crippen molar-refractivity contribution < 1.29 is 5.11 Å². The Kier molecular flexibility index (Phi) is 6.98. The normalized spacial score (nSPS) is 10.5. The van der Waals surface area contributed by atoms with Crippen LogP contribution in [0.2, 0.25) is 0 Å². The molecular formula is C26H29NO. The number of phenolic OH excluding ortho intramolecular Hbond substituents is 1. The summed E-state index contributed by atoms with van der Waals surface area (Å²) in [7, 11) is 0. The summed E-state index contributed by atoms with van der Waals surface area (Å²) < 4.78 is 0. The zero-order chi connectivity index (χ0) is 19.8. The molecule has 0 aliphatic rings. The summed E-state index contributed by atoms with van der Waals surface area (Å²) in [6.45, 7) is 6.69. The van der Waals surface area contributed by atoms with Gasteiger partial charge >= 0.3 is 0 Å². The molecule has 0 bridgehead atoms. The van der Waals surface area contributed by atoms with Gasteiger partial charge in [0.05, 0.1) is 0 Å². The Balaban J connectivity index is 1.82. The molecule has 0 radical (unpaired) electrons. The van der Waals surface area contributed by atoms with Gasteiger partial charge in [-0.25, -0.2) is 0 Å². The lowest BCUT2D eigenvalue weighted by atomic mass is 10.0. The molecule has 0 heterocycles. The van der Waals surface area contributed by atoms with Crippen molar-refractivity contribution in [2.75, 3.05) is 18.0 Å². The van der Waals surface area contributed by atoms with Crippen LogP contribution in [0.1, 0.15) is 50.7 Å². The maximum absolute atomic E-state index is 9.97. The highest BCUT2D eigenvalue weighted by Crippen LogP contribution is 2.24. The van der Waals surface area contributed by atoms with Crippen LogP contribution >= 0.6 is 0 Å². The molecule has 144 valence electrons. The molecule has 0 atom stereocenters. The summed E-state index contributed by atoms with van der Waals surface area (Å²) in [5.74, 6) is 6.74. The van der Waals surface area contributed by atoms with Crippen LogP contribution in [-0.4, -0.2) is 18.2 Å². The van der Waals surface area contributed by atoms with Crippen LogP contribution in [0.3, 0.4) is 0 Å². The van der Waals surface area contributed by atoms with E-state index in [1.54, 1.807) is 12.1 Å². The lowest BCUT2D eigenvalue weighted by molar-refractivity contribution is 0.476. The minimum atomic E-state index is 0.251. The number of hydrogen-bond donors (Lipinski definition) is 1. The number of unbranched alkanes of at least 4 members (excludes halogenated alkanes) is 2. The molecule has 0 aromatic heterocycles. The van der Waals surface area contributed by atoms with Crippen molar-refractivity contribution in [3.8, 4) is 17.6 Å². The second kappa shape index (κ2) is 9.85. The van der Waals surface area contributed by atoms with Gasteiger partial charge in [0, 0.05) is 29.9 Å². The van der Waals surface area contributed by atoms with Crippen molar-refractivity contribution in [3.63, 3.8) is 0 Å². The van der Waals surface area contributed by atoms with E-state index in [0.29, 0.717) is 0 Å². The van der Waals surface area contributed by atoms with Gasteiger partial charge in [0.2, 0.25) is 0 Å². The Morgan fingerprint density at radius 3 is 2.18 bits per heavy atom. The van der Waals surface area contributed by atoms with Crippen molar-refractivity contribution >= 4 is 16.5 Å². The van der Waals surface area contributed by atoms with Crippen LogP contribution in [0, 0.1) is 11.8 Å². The summed E-state index contributed by atoms with van der Waals surface area (Å²) >= 11 is 0. The lowest BCUT2D eigenvalue weighted by Gasteiger charge is -2.24. The zero-order valence-corrected chi connectivity index (χ0v) is 16.9. The maximum Gasteiger partial charge on any atom is 0.117 e. The van der Waals surface area contributed by atoms with Gasteiger partial charge in [-0.2, -0.15) is 0 Å². The van der Waals surface area contributed by atoms with Crippen LogP contribution in [0.4, 0.5) is 5.69 Å². The Morgan fingerprint density at radius 1 is 0.821 bits per heavy atom. The van der Waals surface area contributed by atoms with E-state index >= 15 is 0 Å². The fourth-order valence-electron chi connectivity index (χ4n) is 3.36. The highest BCUT2D eigenvalue weighted by Gasteiger charge is 2.05. The number of hydrogen-bond acceptors (Lipinski definition) is 2. The van der Waals surface area contributed by atoms with Gasteiger partial charge < -0.3 is 10.0 Å². The standard InChI is InChI=1S/C26H29NO/c1-3-5-17-27(18-6-4-2)24-15-12-21(13-16-24)11-14-23-20-25(28)19-22-9-7-8-10-26(22)23/h7-10,12-13,15-16,19-20,28H,3-6,17-18H2,1-2H3. The average Bonchev–Trinajstić information content (AvgIpc) is 2.72.